The van der Waals surface area contributed by atoms with Gasteiger partial charge in [0.15, 0.2) is 0 Å². The van der Waals surface area contributed by atoms with Gasteiger partial charge >= 0.3 is 0 Å². The van der Waals surface area contributed by atoms with Crippen LogP contribution < -0.4 is 10.5 Å². The third-order valence-corrected chi connectivity index (χ3v) is 8.64. The van der Waals surface area contributed by atoms with Crippen LogP contribution in [0.2, 0.25) is 0 Å². The van der Waals surface area contributed by atoms with Crippen molar-refractivity contribution in [2.75, 3.05) is 19.4 Å². The van der Waals surface area contributed by atoms with Gasteiger partial charge in [0.25, 0.3) is 5.92 Å². The van der Waals surface area contributed by atoms with Gasteiger partial charge in [-0.1, -0.05) is 24.3 Å². The molecule has 0 bridgehead atoms. The van der Waals surface area contributed by atoms with E-state index in [1.54, 1.807) is 37.4 Å². The summed E-state index contributed by atoms with van der Waals surface area (Å²) in [5, 5.41) is 11.5. The van der Waals surface area contributed by atoms with Crippen LogP contribution in [-0.2, 0) is 16.3 Å². The maximum atomic E-state index is 14.0. The van der Waals surface area contributed by atoms with Crippen molar-refractivity contribution < 1.29 is 23.4 Å². The van der Waals surface area contributed by atoms with Crippen LogP contribution in [0, 0.1) is 0 Å². The molecule has 2 saturated heterocycles. The Balaban J connectivity index is 1.42. The number of methoxy groups -OCH3 is 1. The van der Waals surface area contributed by atoms with Gasteiger partial charge in [-0.3, -0.25) is 9.20 Å². The SMILES string of the molecule is COc1cc(C(C)(O)c2cccc(C(C)(F)F)c2)ccc1-c1nc([C@@H]2CC[C@H]3CCC(=O)N3C2)n2ccnc(N)c12. The number of nitrogen functional groups attached to an aromatic ring is 1. The first-order valence-corrected chi connectivity index (χ1v) is 13.8. The Labute approximate surface area is 236 Å². The molecule has 8 nitrogen and oxygen atoms in total. The van der Waals surface area contributed by atoms with Crippen molar-refractivity contribution in [1.82, 2.24) is 19.3 Å². The van der Waals surface area contributed by atoms with E-state index < -0.39 is 11.5 Å². The van der Waals surface area contributed by atoms with Crippen molar-refractivity contribution in [2.24, 2.45) is 0 Å². The molecule has 214 valence electrons. The number of ether oxygens (including phenoxy) is 1. The number of halogens is 2. The number of nitrogens with two attached hydrogens (primary N) is 1. The number of nitrogens with zero attached hydrogens (tertiary/aromatic N) is 4. The van der Waals surface area contributed by atoms with E-state index in [1.165, 1.54) is 25.3 Å². The quantitative estimate of drug-likeness (QED) is 0.334. The summed E-state index contributed by atoms with van der Waals surface area (Å²) in [5.41, 5.74) is 7.29. The predicted molar refractivity (Wildman–Crippen MR) is 151 cm³/mol. The van der Waals surface area contributed by atoms with E-state index in [2.05, 4.69) is 4.98 Å². The molecule has 2 aromatic carbocycles. The third kappa shape index (κ3) is 4.60. The largest absolute Gasteiger partial charge is 0.496 e. The molecule has 2 fully saturated rings. The lowest BCUT2D eigenvalue weighted by Gasteiger charge is -2.34. The minimum atomic E-state index is -3.04. The third-order valence-electron chi connectivity index (χ3n) is 8.64. The van der Waals surface area contributed by atoms with Crippen LogP contribution >= 0.6 is 0 Å². The lowest BCUT2D eigenvalue weighted by atomic mass is 9.86. The molecule has 3 atom stereocenters. The number of benzene rings is 2. The van der Waals surface area contributed by atoms with Gasteiger partial charge in [0.1, 0.15) is 34.2 Å². The molecule has 2 aliphatic rings. The number of carbonyl (C=O) groups excluding carboxylic acids is 1. The highest BCUT2D eigenvalue weighted by Gasteiger charge is 2.38. The van der Waals surface area contributed by atoms with E-state index in [-0.39, 0.29) is 17.4 Å². The van der Waals surface area contributed by atoms with Gasteiger partial charge in [0.05, 0.1) is 7.11 Å². The molecule has 4 aromatic rings. The Hall–Kier alpha value is -4.05. The van der Waals surface area contributed by atoms with E-state index in [0.29, 0.717) is 58.5 Å². The maximum absolute atomic E-state index is 14.0. The smallest absolute Gasteiger partial charge is 0.270 e. The van der Waals surface area contributed by atoms with E-state index in [4.69, 9.17) is 15.5 Å². The second kappa shape index (κ2) is 9.80. The standard InChI is InChI=1S/C31H33F2N5O3/c1-30(40,19-5-4-6-21(15-19)31(2,32)33)20-8-11-23(24(16-20)41-3)26-27-28(34)35-13-14-37(27)29(36-26)18-7-9-22-10-12-25(39)38(22)17-18/h4-6,8,11,13-16,18,22,40H,7,9-10,12,17H2,1-3H3,(H2,34,35)/t18-,22+,30?/m1/s1. The zero-order valence-electron chi connectivity index (χ0n) is 23.3. The molecule has 0 saturated carbocycles. The van der Waals surface area contributed by atoms with Gasteiger partial charge in [-0.25, -0.2) is 18.7 Å². The van der Waals surface area contributed by atoms with Crippen molar-refractivity contribution in [3.63, 3.8) is 0 Å². The van der Waals surface area contributed by atoms with Crippen LogP contribution in [0.5, 0.6) is 5.75 Å². The molecule has 4 heterocycles. The van der Waals surface area contributed by atoms with Crippen LogP contribution in [0.4, 0.5) is 14.6 Å². The van der Waals surface area contributed by atoms with Crippen LogP contribution in [0.1, 0.15) is 68.0 Å². The monoisotopic (exact) mass is 561 g/mol. The van der Waals surface area contributed by atoms with Gasteiger partial charge in [0, 0.05) is 55.4 Å². The number of hydrogen-bond donors (Lipinski definition) is 2. The lowest BCUT2D eigenvalue weighted by molar-refractivity contribution is -0.130. The average Bonchev–Trinajstić information content (AvgIpc) is 3.53. The van der Waals surface area contributed by atoms with Crippen molar-refractivity contribution >= 4 is 17.2 Å². The summed E-state index contributed by atoms with van der Waals surface area (Å²) in [6.45, 7) is 3.01. The number of fused-ring (bicyclic) bond motifs is 2. The zero-order valence-corrected chi connectivity index (χ0v) is 23.3. The first-order valence-electron chi connectivity index (χ1n) is 13.8. The summed E-state index contributed by atoms with van der Waals surface area (Å²) < 4.78 is 35.8. The Morgan fingerprint density at radius 3 is 2.59 bits per heavy atom. The van der Waals surface area contributed by atoms with E-state index >= 15 is 0 Å². The molecule has 2 aliphatic heterocycles. The molecule has 0 radical (unpaired) electrons. The van der Waals surface area contributed by atoms with E-state index in [1.807, 2.05) is 15.5 Å². The Kier molecular flexibility index (Phi) is 6.48. The topological polar surface area (TPSA) is 106 Å². The number of amides is 1. The minimum Gasteiger partial charge on any atom is -0.496 e. The first-order chi connectivity index (χ1) is 19.5. The normalized spacial score (nSPS) is 20.7. The molecule has 0 aliphatic carbocycles. The number of piperidine rings is 1. The zero-order chi connectivity index (χ0) is 29.1. The lowest BCUT2D eigenvalue weighted by Crippen LogP contribution is -2.41. The number of anilines is 1. The molecule has 6 rings (SSSR count). The Morgan fingerprint density at radius 1 is 1.07 bits per heavy atom. The Bertz CT molecular complexity index is 1640. The molecule has 41 heavy (non-hydrogen) atoms. The molecule has 0 spiro atoms. The summed E-state index contributed by atoms with van der Waals surface area (Å²) in [5.74, 6) is -1.26. The molecule has 1 unspecified atom stereocenters. The average molecular weight is 562 g/mol. The highest BCUT2D eigenvalue weighted by molar-refractivity contribution is 5.88. The highest BCUT2D eigenvalue weighted by atomic mass is 19.3. The summed E-state index contributed by atoms with van der Waals surface area (Å²) >= 11 is 0. The summed E-state index contributed by atoms with van der Waals surface area (Å²) in [7, 11) is 1.52. The van der Waals surface area contributed by atoms with Gasteiger partial charge in [0.2, 0.25) is 5.91 Å². The van der Waals surface area contributed by atoms with Gasteiger partial charge in [-0.05, 0) is 55.5 Å². The molecule has 2 aromatic heterocycles. The fourth-order valence-corrected chi connectivity index (χ4v) is 6.29. The first kappa shape index (κ1) is 27.1. The number of aliphatic hydroxyl groups is 1. The van der Waals surface area contributed by atoms with Gasteiger partial charge < -0.3 is 20.5 Å². The number of carbonyl (C=O) groups is 1. The fraction of sp³-hybridized carbons (Fsp3) is 0.387. The maximum Gasteiger partial charge on any atom is 0.270 e. The number of alkyl halides is 2. The van der Waals surface area contributed by atoms with Gasteiger partial charge in [-0.15, -0.1) is 0 Å². The van der Waals surface area contributed by atoms with Crippen LogP contribution in [0.25, 0.3) is 16.8 Å². The molecular weight excluding hydrogens is 528 g/mol. The van der Waals surface area contributed by atoms with Crippen molar-refractivity contribution in [3.05, 3.63) is 77.4 Å². The van der Waals surface area contributed by atoms with Crippen LogP contribution in [0.3, 0.4) is 0 Å². The van der Waals surface area contributed by atoms with E-state index in [0.717, 1.165) is 32.0 Å². The molecule has 10 heteroatoms. The highest BCUT2D eigenvalue weighted by Crippen LogP contribution is 2.42. The second-order valence-corrected chi connectivity index (χ2v) is 11.3. The van der Waals surface area contributed by atoms with Crippen molar-refractivity contribution in [3.8, 4) is 17.0 Å². The van der Waals surface area contributed by atoms with Crippen LogP contribution in [0.15, 0.2) is 54.9 Å². The minimum absolute atomic E-state index is 0.0336. The number of imidazole rings is 1. The second-order valence-electron chi connectivity index (χ2n) is 11.3. The van der Waals surface area contributed by atoms with E-state index in [9.17, 15) is 18.7 Å². The number of aromatic nitrogens is 3. The molecular formula is C31H33F2N5O3. The predicted octanol–water partition coefficient (Wildman–Crippen LogP) is 5.22. The summed E-state index contributed by atoms with van der Waals surface area (Å²) in [6.07, 6.45) is 6.81. The number of rotatable bonds is 6. The van der Waals surface area contributed by atoms with Crippen molar-refractivity contribution in [2.45, 2.75) is 63.0 Å². The van der Waals surface area contributed by atoms with Crippen molar-refractivity contribution in [1.29, 1.82) is 0 Å². The fourth-order valence-electron chi connectivity index (χ4n) is 6.29. The summed E-state index contributed by atoms with van der Waals surface area (Å²) in [4.78, 5) is 23.8. The van der Waals surface area contributed by atoms with Gasteiger partial charge in [-0.2, -0.15) is 0 Å². The van der Waals surface area contributed by atoms with Crippen LogP contribution in [-0.4, -0.2) is 50.0 Å². The number of hydrogen-bond acceptors (Lipinski definition) is 6. The molecule has 1 amide bonds. The molecule has 3 N–H and O–H groups in total. The Morgan fingerprint density at radius 2 is 1.83 bits per heavy atom. The summed E-state index contributed by atoms with van der Waals surface area (Å²) in [6, 6.07) is 11.3.